The molecule has 0 amide bonds. The number of aromatic nitrogens is 4. The summed E-state index contributed by atoms with van der Waals surface area (Å²) in [6, 6.07) is -0.623. The van der Waals surface area contributed by atoms with E-state index in [1.54, 1.807) is 4.57 Å². The van der Waals surface area contributed by atoms with Gasteiger partial charge in [-0.15, -0.1) is 0 Å². The van der Waals surface area contributed by atoms with Crippen LogP contribution in [0.5, 0.6) is 0 Å². The molecule has 2 aromatic rings. The first-order valence-electron chi connectivity index (χ1n) is 7.20. The lowest BCUT2D eigenvalue weighted by Crippen LogP contribution is -2.35. The van der Waals surface area contributed by atoms with Gasteiger partial charge in [0.25, 0.3) is 0 Å². The van der Waals surface area contributed by atoms with Crippen LogP contribution in [0.2, 0.25) is 5.28 Å². The molecule has 0 saturated heterocycles. The molecule has 12 heteroatoms. The second-order valence-electron chi connectivity index (χ2n) is 6.49. The maximum atomic E-state index is 11.4. The predicted molar refractivity (Wildman–Crippen MR) is 83.2 cm³/mol. The largest absolute Gasteiger partial charge is 0.390 e. The zero-order valence-corrected chi connectivity index (χ0v) is 13.8. The van der Waals surface area contributed by atoms with Crippen molar-refractivity contribution in [1.82, 2.24) is 19.5 Å². The number of imidazole rings is 1. The van der Waals surface area contributed by atoms with Gasteiger partial charge < -0.3 is 30.3 Å². The summed E-state index contributed by atoms with van der Waals surface area (Å²) in [6.45, 7) is 0. The summed E-state index contributed by atoms with van der Waals surface area (Å²) in [6.07, 6.45) is -1.10. The average molecular weight is 376 g/mol. The van der Waals surface area contributed by atoms with Gasteiger partial charge in [0.2, 0.25) is 5.28 Å². The number of nitrogens with zero attached hydrogens (tertiary/aromatic N) is 4. The number of fused-ring (bicyclic) bond motifs is 2. The molecule has 2 aromatic heterocycles. The Morgan fingerprint density at radius 3 is 2.79 bits per heavy atom. The number of hydrogen-bond acceptors (Lipinski definition) is 7. The molecular formula is C12H15ClN5O5P. The Balaban J connectivity index is 1.78. The van der Waals surface area contributed by atoms with Gasteiger partial charge in [-0.3, -0.25) is 4.57 Å². The number of rotatable bonds is 3. The third-order valence-corrected chi connectivity index (χ3v) is 6.27. The number of aliphatic hydroxyl groups excluding tert-OH is 2. The van der Waals surface area contributed by atoms with E-state index >= 15 is 0 Å². The van der Waals surface area contributed by atoms with E-state index in [4.69, 9.17) is 17.3 Å². The highest BCUT2D eigenvalue weighted by atomic mass is 35.5. The molecule has 2 saturated carbocycles. The van der Waals surface area contributed by atoms with E-state index in [1.807, 2.05) is 0 Å². The molecular weight excluding hydrogens is 361 g/mol. The lowest BCUT2D eigenvalue weighted by Gasteiger charge is -2.24. The van der Waals surface area contributed by atoms with Crippen LogP contribution in [-0.4, -0.2) is 57.9 Å². The number of hydrogen-bond donors (Lipinski definition) is 5. The fourth-order valence-electron chi connectivity index (χ4n) is 4.06. The molecule has 0 bridgehead atoms. The number of anilines is 1. The van der Waals surface area contributed by atoms with Gasteiger partial charge in [0.1, 0.15) is 11.6 Å². The molecule has 0 aliphatic heterocycles. The number of nitrogens with two attached hydrogens (primary N) is 1. The highest BCUT2D eigenvalue weighted by Crippen LogP contribution is 2.71. The van der Waals surface area contributed by atoms with E-state index in [0.29, 0.717) is 17.6 Å². The Bertz CT molecular complexity index is 886. The van der Waals surface area contributed by atoms with Gasteiger partial charge in [-0.05, 0) is 23.9 Å². The lowest BCUT2D eigenvalue weighted by atomic mass is 10.0. The molecule has 2 heterocycles. The van der Waals surface area contributed by atoms with Crippen LogP contribution < -0.4 is 5.73 Å². The minimum absolute atomic E-state index is 0.0768. The molecule has 2 fully saturated rings. The first kappa shape index (κ1) is 16.2. The van der Waals surface area contributed by atoms with Gasteiger partial charge in [-0.1, -0.05) is 0 Å². The van der Waals surface area contributed by atoms with Crippen molar-refractivity contribution < 1.29 is 24.6 Å². The van der Waals surface area contributed by atoms with Crippen molar-refractivity contribution in [2.24, 2.45) is 11.3 Å². The van der Waals surface area contributed by atoms with Crippen LogP contribution in [0.25, 0.3) is 11.2 Å². The van der Waals surface area contributed by atoms with E-state index in [-0.39, 0.29) is 17.0 Å². The third-order valence-electron chi connectivity index (χ3n) is 5.10. The molecule has 130 valence electrons. The topological polar surface area (TPSA) is 168 Å². The van der Waals surface area contributed by atoms with Crippen molar-refractivity contribution >= 4 is 36.2 Å². The zero-order valence-electron chi connectivity index (χ0n) is 12.2. The molecule has 6 N–H and O–H groups in total. The molecule has 0 unspecified atom stereocenters. The second-order valence-corrected chi connectivity index (χ2v) is 8.48. The van der Waals surface area contributed by atoms with Gasteiger partial charge in [-0.25, -0.2) is 4.98 Å². The van der Waals surface area contributed by atoms with Gasteiger partial charge >= 0.3 is 7.60 Å². The first-order chi connectivity index (χ1) is 11.1. The fraction of sp³-hybridized carbons (Fsp3) is 0.583. The first-order valence-corrected chi connectivity index (χ1v) is 9.38. The number of aliphatic hydroxyl groups is 2. The summed E-state index contributed by atoms with van der Waals surface area (Å²) in [7, 11) is -4.33. The monoisotopic (exact) mass is 375 g/mol. The maximum Gasteiger partial charge on any atom is 0.326 e. The quantitative estimate of drug-likeness (QED) is 0.351. The van der Waals surface area contributed by atoms with Crippen molar-refractivity contribution in [1.29, 1.82) is 0 Å². The summed E-state index contributed by atoms with van der Waals surface area (Å²) in [4.78, 5) is 30.6. The van der Waals surface area contributed by atoms with E-state index in [1.165, 1.54) is 6.33 Å². The normalized spacial score (nSPS) is 35.4. The van der Waals surface area contributed by atoms with Gasteiger partial charge in [-0.2, -0.15) is 9.97 Å². The summed E-state index contributed by atoms with van der Waals surface area (Å²) < 4.78 is 12.9. The Labute approximate surface area is 140 Å². The minimum Gasteiger partial charge on any atom is -0.390 e. The van der Waals surface area contributed by atoms with E-state index in [2.05, 4.69) is 15.0 Å². The molecule has 0 spiro atoms. The fourth-order valence-corrected chi connectivity index (χ4v) is 5.55. The van der Waals surface area contributed by atoms with Crippen molar-refractivity contribution in [3.63, 3.8) is 0 Å². The third kappa shape index (κ3) is 2.18. The van der Waals surface area contributed by atoms with E-state index in [0.717, 1.165) is 0 Å². The summed E-state index contributed by atoms with van der Waals surface area (Å²) >= 11 is 5.83. The zero-order chi connectivity index (χ0) is 17.4. The van der Waals surface area contributed by atoms with Crippen LogP contribution in [-0.2, 0) is 4.57 Å². The van der Waals surface area contributed by atoms with Crippen molar-refractivity contribution in [3.8, 4) is 0 Å². The van der Waals surface area contributed by atoms with Gasteiger partial charge in [0.05, 0.1) is 24.6 Å². The second kappa shape index (κ2) is 4.87. The molecule has 10 nitrogen and oxygen atoms in total. The predicted octanol–water partition coefficient (Wildman–Crippen LogP) is -0.478. The standard InChI is InChI=1S/C12H15ClN5O5P/c13-11-16-9(14)5-10(17-11)18(3-15-5)6-4-1-12(4,2-24(21,22)23)8(20)7(6)19/h3-4,6-8,19-20H,1-2H2,(H2,14,16,17)(H2,21,22,23)/t4-,6-,7+,8+,12-/m1/s1. The minimum atomic E-state index is -4.33. The van der Waals surface area contributed by atoms with Crippen molar-refractivity contribution in [2.75, 3.05) is 11.9 Å². The maximum absolute atomic E-state index is 11.4. The summed E-state index contributed by atoms with van der Waals surface area (Å²) in [5.74, 6) is -0.212. The molecule has 0 radical (unpaired) electrons. The lowest BCUT2D eigenvalue weighted by molar-refractivity contribution is -0.0137. The highest BCUT2D eigenvalue weighted by Gasteiger charge is 2.72. The van der Waals surface area contributed by atoms with Crippen LogP contribution in [0.15, 0.2) is 6.33 Å². The highest BCUT2D eigenvalue weighted by molar-refractivity contribution is 7.51. The van der Waals surface area contributed by atoms with Gasteiger partial charge in [0.15, 0.2) is 11.5 Å². The molecule has 2 aliphatic carbocycles. The summed E-state index contributed by atoms with van der Waals surface area (Å²) in [5, 5.41) is 20.7. The Kier molecular flexibility index (Phi) is 3.29. The number of nitrogen functional groups attached to an aromatic ring is 1. The Morgan fingerprint density at radius 1 is 1.42 bits per heavy atom. The Hall–Kier alpha value is -1.29. The molecule has 0 aromatic carbocycles. The molecule has 4 rings (SSSR count). The van der Waals surface area contributed by atoms with E-state index < -0.39 is 37.4 Å². The average Bonchev–Trinajstić information content (AvgIpc) is 2.90. The van der Waals surface area contributed by atoms with Gasteiger partial charge in [0, 0.05) is 5.41 Å². The SMILES string of the molecule is Nc1nc(Cl)nc2c1ncn2[C@H]1[C@H](O)[C@H](O)[C@@]2(CP(=O)(O)O)C[C@H]12. The molecule has 2 aliphatic rings. The van der Waals surface area contributed by atoms with Crippen molar-refractivity contribution in [3.05, 3.63) is 11.6 Å². The smallest absolute Gasteiger partial charge is 0.326 e. The molecule has 24 heavy (non-hydrogen) atoms. The summed E-state index contributed by atoms with van der Waals surface area (Å²) in [5.41, 5.74) is 5.38. The van der Waals surface area contributed by atoms with Crippen LogP contribution in [0, 0.1) is 11.3 Å². The van der Waals surface area contributed by atoms with Crippen molar-refractivity contribution in [2.45, 2.75) is 24.7 Å². The van der Waals surface area contributed by atoms with E-state index in [9.17, 15) is 24.6 Å². The molecule has 5 atom stereocenters. The van der Waals surface area contributed by atoms with Crippen LogP contribution in [0.3, 0.4) is 0 Å². The van der Waals surface area contributed by atoms with Crippen LogP contribution >= 0.6 is 19.2 Å². The van der Waals surface area contributed by atoms with Crippen LogP contribution in [0.4, 0.5) is 5.82 Å². The Morgan fingerprint density at radius 2 is 2.12 bits per heavy atom. The number of halogens is 1. The van der Waals surface area contributed by atoms with Crippen LogP contribution in [0.1, 0.15) is 12.5 Å².